The number of rotatable bonds is 4. The summed E-state index contributed by atoms with van der Waals surface area (Å²) in [6.45, 7) is 3.98. The quantitative estimate of drug-likeness (QED) is 0.837. The molecule has 0 N–H and O–H groups in total. The first-order chi connectivity index (χ1) is 11.4. The molecule has 0 unspecified atom stereocenters. The van der Waals surface area contributed by atoms with Crippen LogP contribution in [0.1, 0.15) is 23.5 Å². The zero-order valence-corrected chi connectivity index (χ0v) is 13.9. The number of alkyl halides is 3. The maximum absolute atomic E-state index is 12.6. The Kier molecular flexibility index (Phi) is 4.88. The molecule has 1 aliphatic heterocycles. The second kappa shape index (κ2) is 6.92. The summed E-state index contributed by atoms with van der Waals surface area (Å²) in [5, 5.41) is 10.0. The lowest BCUT2D eigenvalue weighted by atomic mass is 9.98. The minimum Gasteiger partial charge on any atom is -0.477 e. The van der Waals surface area contributed by atoms with Crippen LogP contribution < -0.4 is 9.64 Å². The molecular weight excluding hydrogens is 341 g/mol. The average molecular weight is 358 g/mol. The molecule has 3 heterocycles. The number of aromatic nitrogens is 3. The van der Waals surface area contributed by atoms with Crippen molar-refractivity contribution in [2.75, 3.05) is 24.6 Å². The third kappa shape index (κ3) is 4.14. The number of ether oxygens (including phenoxy) is 1. The summed E-state index contributed by atoms with van der Waals surface area (Å²) in [5.74, 6) is 0.318. The average Bonchev–Trinajstić information content (AvgIpc) is 2.99. The van der Waals surface area contributed by atoms with Gasteiger partial charge in [0.25, 0.3) is 0 Å². The molecule has 1 saturated heterocycles. The molecule has 0 bridgehead atoms. The minimum atomic E-state index is -4.45. The van der Waals surface area contributed by atoms with E-state index in [1.165, 1.54) is 12.1 Å². The number of aryl methyl sites for hydroxylation is 1. The van der Waals surface area contributed by atoms with E-state index in [1.54, 1.807) is 11.3 Å². The van der Waals surface area contributed by atoms with Gasteiger partial charge in [-0.2, -0.15) is 13.2 Å². The summed E-state index contributed by atoms with van der Waals surface area (Å²) in [6.07, 6.45) is -2.65. The van der Waals surface area contributed by atoms with Crippen LogP contribution in [0.25, 0.3) is 0 Å². The highest BCUT2D eigenvalue weighted by atomic mass is 32.1. The molecule has 0 aromatic carbocycles. The smallest absolute Gasteiger partial charge is 0.433 e. The van der Waals surface area contributed by atoms with Crippen LogP contribution in [0.2, 0.25) is 0 Å². The maximum Gasteiger partial charge on any atom is 0.433 e. The van der Waals surface area contributed by atoms with Gasteiger partial charge >= 0.3 is 6.18 Å². The number of piperidine rings is 1. The minimum absolute atomic E-state index is 0.0204. The molecule has 1 aliphatic rings. The lowest BCUT2D eigenvalue weighted by Crippen LogP contribution is -2.35. The molecule has 130 valence electrons. The van der Waals surface area contributed by atoms with E-state index in [1.807, 2.05) is 6.92 Å². The third-order valence-corrected chi connectivity index (χ3v) is 4.78. The van der Waals surface area contributed by atoms with Gasteiger partial charge in [-0.25, -0.2) is 4.98 Å². The fourth-order valence-electron chi connectivity index (χ4n) is 2.56. The SMILES string of the molecule is Cc1nnc(N2CCC(COc3cccc(C(F)(F)F)n3)CC2)s1. The fraction of sp³-hybridized carbons (Fsp3) is 0.533. The first-order valence-electron chi connectivity index (χ1n) is 7.64. The van der Waals surface area contributed by atoms with Gasteiger partial charge < -0.3 is 9.64 Å². The van der Waals surface area contributed by atoms with E-state index in [4.69, 9.17) is 4.74 Å². The van der Waals surface area contributed by atoms with Crippen LogP contribution in [0.5, 0.6) is 5.88 Å². The summed E-state index contributed by atoms with van der Waals surface area (Å²) < 4.78 is 43.4. The Bertz CT molecular complexity index is 683. The maximum atomic E-state index is 12.6. The summed E-state index contributed by atoms with van der Waals surface area (Å²) in [7, 11) is 0. The Balaban J connectivity index is 1.50. The van der Waals surface area contributed by atoms with Crippen molar-refractivity contribution in [3.05, 3.63) is 28.9 Å². The van der Waals surface area contributed by atoms with Gasteiger partial charge in [0.15, 0.2) is 0 Å². The van der Waals surface area contributed by atoms with E-state index in [2.05, 4.69) is 20.1 Å². The molecule has 1 fully saturated rings. The van der Waals surface area contributed by atoms with Crippen molar-refractivity contribution in [2.45, 2.75) is 25.9 Å². The fourth-order valence-corrected chi connectivity index (χ4v) is 3.30. The van der Waals surface area contributed by atoms with Crippen molar-refractivity contribution in [1.82, 2.24) is 15.2 Å². The monoisotopic (exact) mass is 358 g/mol. The number of pyridine rings is 1. The van der Waals surface area contributed by atoms with E-state index in [0.717, 1.165) is 42.1 Å². The number of anilines is 1. The second-order valence-corrected chi connectivity index (χ2v) is 6.86. The molecule has 0 atom stereocenters. The van der Waals surface area contributed by atoms with Crippen molar-refractivity contribution in [1.29, 1.82) is 0 Å². The first kappa shape index (κ1) is 16.9. The van der Waals surface area contributed by atoms with Crippen molar-refractivity contribution in [3.8, 4) is 5.88 Å². The predicted molar refractivity (Wildman–Crippen MR) is 84.3 cm³/mol. The third-order valence-electron chi connectivity index (χ3n) is 3.88. The molecule has 0 radical (unpaired) electrons. The van der Waals surface area contributed by atoms with E-state index in [-0.39, 0.29) is 5.88 Å². The van der Waals surface area contributed by atoms with Gasteiger partial charge in [0.05, 0.1) is 6.61 Å². The Morgan fingerprint density at radius 3 is 2.62 bits per heavy atom. The normalized spacial score (nSPS) is 16.4. The summed E-state index contributed by atoms with van der Waals surface area (Å²) in [4.78, 5) is 5.70. The van der Waals surface area contributed by atoms with E-state index < -0.39 is 11.9 Å². The van der Waals surface area contributed by atoms with Crippen LogP contribution in [0.15, 0.2) is 18.2 Å². The second-order valence-electron chi connectivity index (χ2n) is 5.70. The molecule has 0 spiro atoms. The standard InChI is InChI=1S/C15H17F3N4OS/c1-10-20-21-14(24-10)22-7-5-11(6-8-22)9-23-13-4-2-3-12(19-13)15(16,17)18/h2-4,11H,5-9H2,1H3. The van der Waals surface area contributed by atoms with E-state index in [0.29, 0.717) is 12.5 Å². The van der Waals surface area contributed by atoms with Gasteiger partial charge in [-0.05, 0) is 31.7 Å². The Labute approximate surface area is 141 Å². The van der Waals surface area contributed by atoms with Crippen LogP contribution >= 0.6 is 11.3 Å². The highest BCUT2D eigenvalue weighted by molar-refractivity contribution is 7.15. The molecule has 9 heteroatoms. The molecule has 0 aliphatic carbocycles. The molecule has 5 nitrogen and oxygen atoms in total. The first-order valence-corrected chi connectivity index (χ1v) is 8.45. The number of nitrogens with zero attached hydrogens (tertiary/aromatic N) is 4. The Hall–Kier alpha value is -1.90. The van der Waals surface area contributed by atoms with Crippen molar-refractivity contribution in [3.63, 3.8) is 0 Å². The van der Waals surface area contributed by atoms with Crippen molar-refractivity contribution < 1.29 is 17.9 Å². The van der Waals surface area contributed by atoms with Crippen LogP contribution in [-0.2, 0) is 6.18 Å². The summed E-state index contributed by atoms with van der Waals surface area (Å²) in [6, 6.07) is 3.70. The van der Waals surface area contributed by atoms with Crippen molar-refractivity contribution in [2.24, 2.45) is 5.92 Å². The lowest BCUT2D eigenvalue weighted by Gasteiger charge is -2.31. The van der Waals surface area contributed by atoms with E-state index >= 15 is 0 Å². The largest absolute Gasteiger partial charge is 0.477 e. The van der Waals surface area contributed by atoms with Gasteiger partial charge in [0.2, 0.25) is 11.0 Å². The predicted octanol–water partition coefficient (Wildman–Crippen LogP) is 3.56. The van der Waals surface area contributed by atoms with E-state index in [9.17, 15) is 13.2 Å². The van der Waals surface area contributed by atoms with Crippen LogP contribution in [-0.4, -0.2) is 34.9 Å². The molecule has 2 aromatic heterocycles. The zero-order valence-electron chi connectivity index (χ0n) is 13.1. The highest BCUT2D eigenvalue weighted by Gasteiger charge is 2.32. The Morgan fingerprint density at radius 1 is 1.25 bits per heavy atom. The number of hydrogen-bond donors (Lipinski definition) is 0. The summed E-state index contributed by atoms with van der Waals surface area (Å²) in [5.41, 5.74) is -0.929. The molecule has 3 rings (SSSR count). The van der Waals surface area contributed by atoms with Crippen molar-refractivity contribution >= 4 is 16.5 Å². The molecule has 0 amide bonds. The van der Waals surface area contributed by atoms with Gasteiger partial charge in [-0.1, -0.05) is 17.4 Å². The lowest BCUT2D eigenvalue weighted by molar-refractivity contribution is -0.141. The Morgan fingerprint density at radius 2 is 2.00 bits per heavy atom. The number of halogens is 3. The van der Waals surface area contributed by atoms with Gasteiger partial charge in [-0.3, -0.25) is 0 Å². The van der Waals surface area contributed by atoms with Gasteiger partial charge in [-0.15, -0.1) is 10.2 Å². The number of hydrogen-bond acceptors (Lipinski definition) is 6. The summed E-state index contributed by atoms with van der Waals surface area (Å²) >= 11 is 1.57. The topological polar surface area (TPSA) is 51.1 Å². The van der Waals surface area contributed by atoms with Crippen LogP contribution in [0.4, 0.5) is 18.3 Å². The van der Waals surface area contributed by atoms with Crippen LogP contribution in [0.3, 0.4) is 0 Å². The van der Waals surface area contributed by atoms with Gasteiger partial charge in [0.1, 0.15) is 10.7 Å². The molecule has 2 aromatic rings. The molecular formula is C15H17F3N4OS. The van der Waals surface area contributed by atoms with Gasteiger partial charge in [0, 0.05) is 19.2 Å². The van der Waals surface area contributed by atoms with Crippen LogP contribution in [0, 0.1) is 12.8 Å². The molecule has 24 heavy (non-hydrogen) atoms. The zero-order chi connectivity index (χ0) is 17.2. The molecule has 0 saturated carbocycles. The highest BCUT2D eigenvalue weighted by Crippen LogP contribution is 2.29.